The fourth-order valence-corrected chi connectivity index (χ4v) is 2.47. The molecule has 1 aromatic rings. The van der Waals surface area contributed by atoms with Crippen LogP contribution in [0.25, 0.3) is 0 Å². The summed E-state index contributed by atoms with van der Waals surface area (Å²) in [6, 6.07) is 1.56. The van der Waals surface area contributed by atoms with Gasteiger partial charge in [0.25, 0.3) is 0 Å². The van der Waals surface area contributed by atoms with Gasteiger partial charge in [-0.2, -0.15) is 0 Å². The van der Waals surface area contributed by atoms with Crippen LogP contribution in [0.4, 0.5) is 13.2 Å². The molecule has 106 valence electrons. The minimum absolute atomic E-state index is 0.212. The van der Waals surface area contributed by atoms with Crippen molar-refractivity contribution < 1.29 is 17.9 Å². The molecular weight excluding hydrogens is 255 g/mol. The Bertz CT molecular complexity index is 431. The third kappa shape index (κ3) is 3.70. The molecule has 1 fully saturated rings. The summed E-state index contributed by atoms with van der Waals surface area (Å²) in [7, 11) is 1.68. The molecule has 1 heterocycles. The van der Waals surface area contributed by atoms with Gasteiger partial charge in [-0.05, 0) is 37.9 Å². The van der Waals surface area contributed by atoms with E-state index in [1.165, 1.54) is 0 Å². The van der Waals surface area contributed by atoms with E-state index in [9.17, 15) is 13.2 Å². The molecule has 0 aromatic heterocycles. The van der Waals surface area contributed by atoms with Gasteiger partial charge in [0.05, 0.1) is 0 Å². The van der Waals surface area contributed by atoms with Gasteiger partial charge >= 0.3 is 0 Å². The van der Waals surface area contributed by atoms with Crippen LogP contribution in [0.3, 0.4) is 0 Å². The van der Waals surface area contributed by atoms with Crippen molar-refractivity contribution in [2.75, 3.05) is 26.8 Å². The van der Waals surface area contributed by atoms with Crippen LogP contribution in [0.15, 0.2) is 12.1 Å². The van der Waals surface area contributed by atoms with Gasteiger partial charge in [0.1, 0.15) is 5.82 Å². The summed E-state index contributed by atoms with van der Waals surface area (Å²) in [4.78, 5) is 2.06. The van der Waals surface area contributed by atoms with Crippen molar-refractivity contribution in [3.8, 4) is 0 Å². The number of halogens is 3. The molecule has 0 unspecified atom stereocenters. The van der Waals surface area contributed by atoms with Crippen LogP contribution in [0.1, 0.15) is 18.4 Å². The van der Waals surface area contributed by atoms with E-state index < -0.39 is 17.5 Å². The third-order valence-corrected chi connectivity index (χ3v) is 3.59. The molecule has 2 rings (SSSR count). The van der Waals surface area contributed by atoms with Crippen molar-refractivity contribution in [1.29, 1.82) is 0 Å². The van der Waals surface area contributed by atoms with E-state index in [2.05, 4.69) is 4.90 Å². The summed E-state index contributed by atoms with van der Waals surface area (Å²) in [6.45, 7) is 2.72. The van der Waals surface area contributed by atoms with Crippen LogP contribution < -0.4 is 0 Å². The van der Waals surface area contributed by atoms with Crippen molar-refractivity contribution in [3.63, 3.8) is 0 Å². The second-order valence-corrected chi connectivity index (χ2v) is 5.03. The fourth-order valence-electron chi connectivity index (χ4n) is 2.47. The third-order valence-electron chi connectivity index (χ3n) is 3.59. The molecule has 1 aliphatic rings. The lowest BCUT2D eigenvalue weighted by Gasteiger charge is -2.31. The molecule has 1 aromatic carbocycles. The minimum Gasteiger partial charge on any atom is -0.384 e. The molecule has 1 saturated heterocycles. The van der Waals surface area contributed by atoms with Gasteiger partial charge in [0, 0.05) is 31.9 Å². The van der Waals surface area contributed by atoms with Gasteiger partial charge < -0.3 is 4.74 Å². The number of hydrogen-bond acceptors (Lipinski definition) is 2. The molecule has 2 nitrogen and oxygen atoms in total. The van der Waals surface area contributed by atoms with Crippen LogP contribution in [0.5, 0.6) is 0 Å². The zero-order valence-corrected chi connectivity index (χ0v) is 11.0. The second kappa shape index (κ2) is 6.39. The summed E-state index contributed by atoms with van der Waals surface area (Å²) < 4.78 is 44.6. The highest BCUT2D eigenvalue weighted by Gasteiger charge is 2.20. The predicted octanol–water partition coefficient (Wildman–Crippen LogP) is 2.96. The maximum absolute atomic E-state index is 13.5. The van der Waals surface area contributed by atoms with Crippen LogP contribution in [-0.2, 0) is 11.3 Å². The number of hydrogen-bond donors (Lipinski definition) is 0. The Balaban J connectivity index is 1.94. The Kier molecular flexibility index (Phi) is 4.82. The highest BCUT2D eigenvalue weighted by atomic mass is 19.2. The van der Waals surface area contributed by atoms with E-state index in [4.69, 9.17) is 4.74 Å². The Morgan fingerprint density at radius 1 is 1.11 bits per heavy atom. The molecule has 0 spiro atoms. The van der Waals surface area contributed by atoms with E-state index in [0.717, 1.165) is 38.6 Å². The number of piperidine rings is 1. The minimum atomic E-state index is -1.14. The first kappa shape index (κ1) is 14.3. The first-order chi connectivity index (χ1) is 9.10. The van der Waals surface area contributed by atoms with Crippen LogP contribution in [0, 0.1) is 23.4 Å². The van der Waals surface area contributed by atoms with Gasteiger partial charge in [-0.15, -0.1) is 0 Å². The molecule has 1 aliphatic heterocycles. The fraction of sp³-hybridized carbons (Fsp3) is 0.571. The largest absolute Gasteiger partial charge is 0.384 e. The SMILES string of the molecule is COCC1CCN(Cc2cc(F)c(F)cc2F)CC1. The Labute approximate surface area is 111 Å². The Hall–Kier alpha value is -1.07. The number of rotatable bonds is 4. The Morgan fingerprint density at radius 2 is 1.74 bits per heavy atom. The van der Waals surface area contributed by atoms with E-state index in [-0.39, 0.29) is 5.56 Å². The summed E-state index contributed by atoms with van der Waals surface area (Å²) in [6.07, 6.45) is 1.97. The summed E-state index contributed by atoms with van der Waals surface area (Å²) in [5.41, 5.74) is 0.212. The van der Waals surface area contributed by atoms with E-state index in [0.29, 0.717) is 18.5 Å². The zero-order chi connectivity index (χ0) is 13.8. The Morgan fingerprint density at radius 3 is 2.37 bits per heavy atom. The van der Waals surface area contributed by atoms with Gasteiger partial charge in [0.2, 0.25) is 0 Å². The number of benzene rings is 1. The van der Waals surface area contributed by atoms with Crippen molar-refractivity contribution in [3.05, 3.63) is 35.1 Å². The summed E-state index contributed by atoms with van der Waals surface area (Å²) >= 11 is 0. The lowest BCUT2D eigenvalue weighted by atomic mass is 9.97. The number of methoxy groups -OCH3 is 1. The van der Waals surface area contributed by atoms with Crippen LogP contribution >= 0.6 is 0 Å². The highest BCUT2D eigenvalue weighted by Crippen LogP contribution is 2.21. The molecule has 0 saturated carbocycles. The van der Waals surface area contributed by atoms with Gasteiger partial charge in [-0.25, -0.2) is 13.2 Å². The molecule has 0 atom stereocenters. The normalized spacial score (nSPS) is 17.9. The molecular formula is C14H18F3NO. The van der Waals surface area contributed by atoms with Crippen LogP contribution in [-0.4, -0.2) is 31.7 Å². The average Bonchev–Trinajstić information content (AvgIpc) is 2.38. The maximum atomic E-state index is 13.5. The monoisotopic (exact) mass is 273 g/mol. The number of ether oxygens (including phenoxy) is 1. The van der Waals surface area contributed by atoms with E-state index >= 15 is 0 Å². The van der Waals surface area contributed by atoms with E-state index in [1.54, 1.807) is 7.11 Å². The molecule has 0 amide bonds. The van der Waals surface area contributed by atoms with E-state index in [1.807, 2.05) is 0 Å². The average molecular weight is 273 g/mol. The molecule has 0 N–H and O–H groups in total. The quantitative estimate of drug-likeness (QED) is 0.782. The summed E-state index contributed by atoms with van der Waals surface area (Å²) in [5.74, 6) is -2.28. The second-order valence-electron chi connectivity index (χ2n) is 5.03. The smallest absolute Gasteiger partial charge is 0.161 e. The number of nitrogens with zero attached hydrogens (tertiary/aromatic N) is 1. The van der Waals surface area contributed by atoms with Gasteiger partial charge in [-0.1, -0.05) is 0 Å². The predicted molar refractivity (Wildman–Crippen MR) is 66.2 cm³/mol. The van der Waals surface area contributed by atoms with Crippen LogP contribution in [0.2, 0.25) is 0 Å². The van der Waals surface area contributed by atoms with Gasteiger partial charge in [-0.3, -0.25) is 4.90 Å². The molecule has 0 radical (unpaired) electrons. The topological polar surface area (TPSA) is 12.5 Å². The lowest BCUT2D eigenvalue weighted by Crippen LogP contribution is -2.34. The molecule has 5 heteroatoms. The standard InChI is InChI=1S/C14H18F3NO/c1-19-9-10-2-4-18(5-3-10)8-11-6-13(16)14(17)7-12(11)15/h6-7,10H,2-5,8-9H2,1H3. The molecule has 0 bridgehead atoms. The molecule has 19 heavy (non-hydrogen) atoms. The highest BCUT2D eigenvalue weighted by molar-refractivity contribution is 5.20. The number of likely N-dealkylation sites (tertiary alicyclic amines) is 1. The maximum Gasteiger partial charge on any atom is 0.161 e. The summed E-state index contributed by atoms with van der Waals surface area (Å²) in [5, 5.41) is 0. The zero-order valence-electron chi connectivity index (χ0n) is 11.0. The first-order valence-electron chi connectivity index (χ1n) is 6.45. The van der Waals surface area contributed by atoms with Crippen molar-refractivity contribution in [1.82, 2.24) is 4.90 Å². The first-order valence-corrected chi connectivity index (χ1v) is 6.45. The van der Waals surface area contributed by atoms with Crippen molar-refractivity contribution in [2.45, 2.75) is 19.4 Å². The lowest BCUT2D eigenvalue weighted by molar-refractivity contribution is 0.0963. The van der Waals surface area contributed by atoms with Crippen molar-refractivity contribution in [2.24, 2.45) is 5.92 Å². The van der Waals surface area contributed by atoms with Gasteiger partial charge in [0.15, 0.2) is 11.6 Å². The molecule has 0 aliphatic carbocycles. The van der Waals surface area contributed by atoms with Crippen molar-refractivity contribution >= 4 is 0 Å².